The minimum Gasteiger partial charge on any atom is -0.494 e. The Hall–Kier alpha value is -4.44. The number of carbonyl (C=O) groups excluding carboxylic acids is 1. The topological polar surface area (TPSA) is 105 Å². The molecule has 0 radical (unpaired) electrons. The van der Waals surface area contributed by atoms with E-state index in [2.05, 4.69) is 11.6 Å². The van der Waals surface area contributed by atoms with Crippen LogP contribution in [0.4, 0.5) is 4.39 Å². The molecule has 0 aliphatic carbocycles. The summed E-state index contributed by atoms with van der Waals surface area (Å²) in [5.41, 5.74) is 8.03. The normalized spacial score (nSPS) is 15.3. The number of rotatable bonds is 9. The number of benzene rings is 2. The van der Waals surface area contributed by atoms with Gasteiger partial charge in [-0.1, -0.05) is 12.6 Å². The summed E-state index contributed by atoms with van der Waals surface area (Å²) >= 11 is 0. The van der Waals surface area contributed by atoms with Gasteiger partial charge in [-0.2, -0.15) is 9.49 Å². The van der Waals surface area contributed by atoms with Gasteiger partial charge in [-0.15, -0.1) is 0 Å². The molecule has 39 heavy (non-hydrogen) atoms. The Kier molecular flexibility index (Phi) is 7.74. The molecule has 1 aliphatic rings. The van der Waals surface area contributed by atoms with E-state index in [-0.39, 0.29) is 23.4 Å². The van der Waals surface area contributed by atoms with Crippen molar-refractivity contribution in [2.24, 2.45) is 5.73 Å². The second-order valence-electron chi connectivity index (χ2n) is 9.15. The van der Waals surface area contributed by atoms with Gasteiger partial charge in [0.1, 0.15) is 23.6 Å². The van der Waals surface area contributed by atoms with Crippen molar-refractivity contribution in [1.29, 1.82) is 0 Å². The fourth-order valence-corrected chi connectivity index (χ4v) is 4.83. The maximum atomic E-state index is 14.6. The number of ether oxygens (including phenoxy) is 3. The molecule has 0 unspecified atom stereocenters. The Morgan fingerprint density at radius 1 is 1.18 bits per heavy atom. The second-order valence-corrected chi connectivity index (χ2v) is 9.15. The Labute approximate surface area is 225 Å². The fraction of sp³-hybridized carbons (Fsp3) is 0.276. The van der Waals surface area contributed by atoms with Crippen LogP contribution in [0, 0.1) is 5.82 Å². The van der Waals surface area contributed by atoms with E-state index in [9.17, 15) is 9.18 Å². The van der Waals surface area contributed by atoms with Gasteiger partial charge >= 0.3 is 0 Å². The number of pyridine rings is 1. The first-order valence-corrected chi connectivity index (χ1v) is 12.7. The molecule has 1 atom stereocenters. The highest BCUT2D eigenvalue weighted by molar-refractivity contribution is 5.96. The van der Waals surface area contributed by atoms with Crippen molar-refractivity contribution in [3.8, 4) is 34.3 Å². The molecule has 2 N–H and O–H groups in total. The quantitative estimate of drug-likeness (QED) is 0.312. The Bertz CT molecular complexity index is 1490. The molecule has 202 valence electrons. The maximum absolute atomic E-state index is 14.6. The molecular formula is C29H30FN5O4. The van der Waals surface area contributed by atoms with Crippen LogP contribution >= 0.6 is 0 Å². The number of likely N-dealkylation sites (tertiary alicyclic amines) is 1. The third kappa shape index (κ3) is 5.28. The number of carbonyl (C=O) groups is 1. The van der Waals surface area contributed by atoms with Crippen LogP contribution in [0.25, 0.3) is 22.2 Å². The molecular weight excluding hydrogens is 501 g/mol. The SMILES string of the molecule is C=CC(=O)N1CCC[C@@H](n2nc(-c3ccc(Oc4cccc(OC)c4F)cc3)c3cncc(OCCN)c32)C1. The average molecular weight is 532 g/mol. The van der Waals surface area contributed by atoms with Crippen LogP contribution < -0.4 is 19.9 Å². The minimum atomic E-state index is -0.568. The van der Waals surface area contributed by atoms with Gasteiger partial charge in [0.25, 0.3) is 0 Å². The summed E-state index contributed by atoms with van der Waals surface area (Å²) in [5.74, 6) is 0.556. The van der Waals surface area contributed by atoms with E-state index < -0.39 is 5.82 Å². The highest BCUT2D eigenvalue weighted by Crippen LogP contribution is 2.37. The second kappa shape index (κ2) is 11.5. The van der Waals surface area contributed by atoms with Crippen LogP contribution in [-0.4, -0.2) is 58.9 Å². The summed E-state index contributed by atoms with van der Waals surface area (Å²) in [4.78, 5) is 18.5. The lowest BCUT2D eigenvalue weighted by Gasteiger charge is -2.32. The average Bonchev–Trinajstić information content (AvgIpc) is 3.37. The van der Waals surface area contributed by atoms with E-state index >= 15 is 0 Å². The minimum absolute atomic E-state index is 0.0554. The standard InChI is InChI=1S/C29H30FN5O4/c1-3-26(36)34-14-5-6-20(18-34)35-29-22(16-32-17-25(29)38-15-13-31)28(33-35)19-9-11-21(12-10-19)39-24-8-4-7-23(37-2)27(24)30/h3-4,7-12,16-17,20H,1,5-6,13-15,18,31H2,2H3/t20-/m1/s1. The predicted octanol–water partition coefficient (Wildman–Crippen LogP) is 4.73. The van der Waals surface area contributed by atoms with Crippen LogP contribution in [0.5, 0.6) is 23.0 Å². The molecule has 10 heteroatoms. The van der Waals surface area contributed by atoms with Gasteiger partial charge in [-0.3, -0.25) is 14.5 Å². The molecule has 2 aromatic carbocycles. The van der Waals surface area contributed by atoms with Gasteiger partial charge in [0.05, 0.1) is 24.7 Å². The summed E-state index contributed by atoms with van der Waals surface area (Å²) in [6, 6.07) is 11.9. The van der Waals surface area contributed by atoms with Crippen molar-refractivity contribution in [3.63, 3.8) is 0 Å². The van der Waals surface area contributed by atoms with E-state index in [4.69, 9.17) is 25.0 Å². The van der Waals surface area contributed by atoms with Gasteiger partial charge in [0.15, 0.2) is 17.2 Å². The zero-order valence-electron chi connectivity index (χ0n) is 21.7. The van der Waals surface area contributed by atoms with E-state index in [1.807, 2.05) is 16.8 Å². The van der Waals surface area contributed by atoms with E-state index in [1.165, 1.54) is 19.3 Å². The Balaban J connectivity index is 1.51. The Morgan fingerprint density at radius 2 is 1.97 bits per heavy atom. The number of aromatic nitrogens is 3. The van der Waals surface area contributed by atoms with Gasteiger partial charge < -0.3 is 24.8 Å². The third-order valence-electron chi connectivity index (χ3n) is 6.68. The van der Waals surface area contributed by atoms with Crippen molar-refractivity contribution in [1.82, 2.24) is 19.7 Å². The number of hydrogen-bond acceptors (Lipinski definition) is 7. The molecule has 5 rings (SSSR count). The number of amides is 1. The molecule has 1 fully saturated rings. The lowest BCUT2D eigenvalue weighted by Crippen LogP contribution is -2.40. The summed E-state index contributed by atoms with van der Waals surface area (Å²) < 4.78 is 33.3. The summed E-state index contributed by atoms with van der Waals surface area (Å²) in [5, 5.41) is 5.82. The van der Waals surface area contributed by atoms with Crippen molar-refractivity contribution >= 4 is 16.8 Å². The number of nitrogens with two attached hydrogens (primary N) is 1. The molecule has 1 aliphatic heterocycles. The van der Waals surface area contributed by atoms with Gasteiger partial charge in [-0.05, 0) is 55.3 Å². The molecule has 1 amide bonds. The van der Waals surface area contributed by atoms with Crippen molar-refractivity contribution in [3.05, 3.63) is 73.3 Å². The van der Waals surface area contributed by atoms with Crippen molar-refractivity contribution in [2.75, 3.05) is 33.4 Å². The number of nitrogens with zero attached hydrogens (tertiary/aromatic N) is 4. The monoisotopic (exact) mass is 531 g/mol. The fourth-order valence-electron chi connectivity index (χ4n) is 4.83. The lowest BCUT2D eigenvalue weighted by atomic mass is 10.1. The summed E-state index contributed by atoms with van der Waals surface area (Å²) in [6.07, 6.45) is 6.46. The Morgan fingerprint density at radius 3 is 2.72 bits per heavy atom. The molecule has 3 heterocycles. The highest BCUT2D eigenvalue weighted by Gasteiger charge is 2.28. The summed E-state index contributed by atoms with van der Waals surface area (Å²) in [6.45, 7) is 5.52. The first-order chi connectivity index (χ1) is 19.0. The number of methoxy groups -OCH3 is 1. The zero-order chi connectivity index (χ0) is 27.4. The largest absolute Gasteiger partial charge is 0.494 e. The van der Waals surface area contributed by atoms with Crippen LogP contribution in [0.2, 0.25) is 0 Å². The molecule has 0 bridgehead atoms. The molecule has 4 aromatic rings. The van der Waals surface area contributed by atoms with Crippen molar-refractivity contribution < 1.29 is 23.4 Å². The third-order valence-corrected chi connectivity index (χ3v) is 6.68. The number of fused-ring (bicyclic) bond motifs is 1. The molecule has 9 nitrogen and oxygen atoms in total. The number of piperidine rings is 1. The number of hydrogen-bond donors (Lipinski definition) is 1. The van der Waals surface area contributed by atoms with E-state index in [0.29, 0.717) is 43.4 Å². The first kappa shape index (κ1) is 26.2. The van der Waals surface area contributed by atoms with Gasteiger partial charge in [0, 0.05) is 31.4 Å². The molecule has 0 saturated carbocycles. The highest BCUT2D eigenvalue weighted by atomic mass is 19.1. The smallest absolute Gasteiger partial charge is 0.246 e. The summed E-state index contributed by atoms with van der Waals surface area (Å²) in [7, 11) is 1.41. The zero-order valence-corrected chi connectivity index (χ0v) is 21.7. The van der Waals surface area contributed by atoms with Gasteiger partial charge in [0.2, 0.25) is 11.7 Å². The lowest BCUT2D eigenvalue weighted by molar-refractivity contribution is -0.127. The van der Waals surface area contributed by atoms with E-state index in [1.54, 1.807) is 41.6 Å². The van der Waals surface area contributed by atoms with Crippen molar-refractivity contribution in [2.45, 2.75) is 18.9 Å². The van der Waals surface area contributed by atoms with Crippen LogP contribution in [-0.2, 0) is 4.79 Å². The molecule has 2 aromatic heterocycles. The van der Waals surface area contributed by atoms with Crippen LogP contribution in [0.15, 0.2) is 67.5 Å². The van der Waals surface area contributed by atoms with Crippen LogP contribution in [0.1, 0.15) is 18.9 Å². The molecule has 0 spiro atoms. The predicted molar refractivity (Wildman–Crippen MR) is 146 cm³/mol. The van der Waals surface area contributed by atoms with Gasteiger partial charge in [-0.25, -0.2) is 0 Å². The first-order valence-electron chi connectivity index (χ1n) is 12.7. The molecule has 1 saturated heterocycles. The van der Waals surface area contributed by atoms with Crippen LogP contribution in [0.3, 0.4) is 0 Å². The van der Waals surface area contributed by atoms with E-state index in [0.717, 1.165) is 29.3 Å². The maximum Gasteiger partial charge on any atom is 0.246 e. The number of halogens is 1.